The van der Waals surface area contributed by atoms with E-state index < -0.39 is 0 Å². The van der Waals surface area contributed by atoms with Gasteiger partial charge < -0.3 is 24.1 Å². The topological polar surface area (TPSA) is 89.7 Å². The highest BCUT2D eigenvalue weighted by Gasteiger charge is 2.25. The SMILES string of the molecule is CC(C)Oc1cc(N2CCC(Oc3ccc([C@H](C)NC(=O)c4cnco4)cc3)C2)ccn1. The van der Waals surface area contributed by atoms with E-state index >= 15 is 0 Å². The minimum atomic E-state index is -0.292. The number of ether oxygens (including phenoxy) is 2. The molecule has 168 valence electrons. The molecule has 0 bridgehead atoms. The van der Waals surface area contributed by atoms with Crippen molar-refractivity contribution in [3.05, 3.63) is 66.5 Å². The van der Waals surface area contributed by atoms with Gasteiger partial charge in [0.1, 0.15) is 11.9 Å². The lowest BCUT2D eigenvalue weighted by Gasteiger charge is -2.20. The van der Waals surface area contributed by atoms with Crippen molar-refractivity contribution < 1.29 is 18.7 Å². The first-order chi connectivity index (χ1) is 15.5. The molecular weight excluding hydrogens is 408 g/mol. The minimum absolute atomic E-state index is 0.0913. The van der Waals surface area contributed by atoms with E-state index in [1.807, 2.05) is 57.2 Å². The summed E-state index contributed by atoms with van der Waals surface area (Å²) in [5, 5.41) is 2.90. The number of carbonyl (C=O) groups excluding carboxylic acids is 1. The van der Waals surface area contributed by atoms with Crippen LogP contribution in [0.1, 0.15) is 49.4 Å². The lowest BCUT2D eigenvalue weighted by molar-refractivity contribution is 0.0912. The molecular formula is C24H28N4O4. The van der Waals surface area contributed by atoms with E-state index in [0.717, 1.165) is 36.5 Å². The van der Waals surface area contributed by atoms with Crippen molar-refractivity contribution in [1.29, 1.82) is 0 Å². The van der Waals surface area contributed by atoms with E-state index in [9.17, 15) is 4.79 Å². The summed E-state index contributed by atoms with van der Waals surface area (Å²) in [6.45, 7) is 7.62. The molecule has 1 saturated heterocycles. The van der Waals surface area contributed by atoms with Gasteiger partial charge in [0.2, 0.25) is 11.6 Å². The summed E-state index contributed by atoms with van der Waals surface area (Å²) >= 11 is 0. The predicted octanol–water partition coefficient (Wildman–Crippen LogP) is 4.01. The van der Waals surface area contributed by atoms with Gasteiger partial charge >= 0.3 is 0 Å². The molecule has 0 spiro atoms. The van der Waals surface area contributed by atoms with Crippen LogP contribution in [-0.2, 0) is 0 Å². The Morgan fingerprint density at radius 3 is 2.75 bits per heavy atom. The quantitative estimate of drug-likeness (QED) is 0.571. The maximum Gasteiger partial charge on any atom is 0.289 e. The summed E-state index contributed by atoms with van der Waals surface area (Å²) in [4.78, 5) is 22.5. The van der Waals surface area contributed by atoms with Crippen molar-refractivity contribution in [1.82, 2.24) is 15.3 Å². The second-order valence-electron chi connectivity index (χ2n) is 8.12. The Labute approximate surface area is 187 Å². The van der Waals surface area contributed by atoms with Crippen LogP contribution in [0.15, 0.2) is 59.6 Å². The first kappa shape index (κ1) is 21.7. The number of anilines is 1. The van der Waals surface area contributed by atoms with E-state index in [0.29, 0.717) is 5.88 Å². The maximum absolute atomic E-state index is 12.1. The minimum Gasteiger partial charge on any atom is -0.489 e. The molecule has 1 unspecified atom stereocenters. The number of nitrogens with one attached hydrogen (secondary N) is 1. The van der Waals surface area contributed by atoms with Crippen molar-refractivity contribution in [3.63, 3.8) is 0 Å². The van der Waals surface area contributed by atoms with E-state index in [2.05, 4.69) is 20.2 Å². The second kappa shape index (κ2) is 9.72. The normalized spacial score (nSPS) is 16.8. The van der Waals surface area contributed by atoms with Gasteiger partial charge in [-0.25, -0.2) is 9.97 Å². The number of pyridine rings is 1. The van der Waals surface area contributed by atoms with Crippen LogP contribution in [-0.4, -0.2) is 41.2 Å². The van der Waals surface area contributed by atoms with Crippen LogP contribution < -0.4 is 19.7 Å². The molecule has 2 aromatic heterocycles. The molecule has 1 aliphatic heterocycles. The van der Waals surface area contributed by atoms with Crippen molar-refractivity contribution in [2.24, 2.45) is 0 Å². The molecule has 1 fully saturated rings. The summed E-state index contributed by atoms with van der Waals surface area (Å²) in [5.41, 5.74) is 2.07. The summed E-state index contributed by atoms with van der Waals surface area (Å²) in [7, 11) is 0. The molecule has 3 heterocycles. The van der Waals surface area contributed by atoms with Crippen molar-refractivity contribution in [2.45, 2.75) is 45.4 Å². The zero-order chi connectivity index (χ0) is 22.5. The van der Waals surface area contributed by atoms with Gasteiger partial charge in [0, 0.05) is 30.9 Å². The molecule has 1 aliphatic rings. The van der Waals surface area contributed by atoms with Crippen molar-refractivity contribution >= 4 is 11.6 Å². The van der Waals surface area contributed by atoms with Gasteiger partial charge in [0.25, 0.3) is 5.91 Å². The van der Waals surface area contributed by atoms with E-state index in [-0.39, 0.29) is 29.9 Å². The third-order valence-corrected chi connectivity index (χ3v) is 5.27. The van der Waals surface area contributed by atoms with Crippen molar-refractivity contribution in [2.75, 3.05) is 18.0 Å². The lowest BCUT2D eigenvalue weighted by Crippen LogP contribution is -2.26. The molecule has 0 saturated carbocycles. The Hall–Kier alpha value is -3.55. The molecule has 8 heteroatoms. The first-order valence-corrected chi connectivity index (χ1v) is 10.8. The summed E-state index contributed by atoms with van der Waals surface area (Å²) < 4.78 is 16.9. The summed E-state index contributed by atoms with van der Waals surface area (Å²) in [6.07, 6.45) is 5.55. The Balaban J connectivity index is 1.31. The van der Waals surface area contributed by atoms with Crippen LogP contribution in [0.25, 0.3) is 0 Å². The number of benzene rings is 1. The second-order valence-corrected chi connectivity index (χ2v) is 8.12. The molecule has 1 aromatic carbocycles. The Morgan fingerprint density at radius 1 is 1.22 bits per heavy atom. The number of hydrogen-bond donors (Lipinski definition) is 1. The zero-order valence-corrected chi connectivity index (χ0v) is 18.5. The average molecular weight is 437 g/mol. The molecule has 2 atom stereocenters. The predicted molar refractivity (Wildman–Crippen MR) is 120 cm³/mol. The summed E-state index contributed by atoms with van der Waals surface area (Å²) in [6, 6.07) is 11.6. The number of aromatic nitrogens is 2. The van der Waals surface area contributed by atoms with Crippen LogP contribution >= 0.6 is 0 Å². The average Bonchev–Trinajstić information content (AvgIpc) is 3.46. The van der Waals surface area contributed by atoms with E-state index in [1.54, 1.807) is 6.20 Å². The third kappa shape index (κ3) is 5.38. The van der Waals surface area contributed by atoms with E-state index in [1.165, 1.54) is 12.6 Å². The van der Waals surface area contributed by atoms with Gasteiger partial charge in [0.05, 0.1) is 24.9 Å². The van der Waals surface area contributed by atoms with Gasteiger partial charge in [-0.15, -0.1) is 0 Å². The smallest absolute Gasteiger partial charge is 0.289 e. The van der Waals surface area contributed by atoms with Gasteiger partial charge in [-0.05, 0) is 44.5 Å². The Morgan fingerprint density at radius 2 is 2.03 bits per heavy atom. The highest BCUT2D eigenvalue weighted by atomic mass is 16.5. The van der Waals surface area contributed by atoms with Crippen molar-refractivity contribution in [3.8, 4) is 11.6 Å². The molecule has 4 rings (SSSR count). The largest absolute Gasteiger partial charge is 0.489 e. The Kier molecular flexibility index (Phi) is 6.58. The lowest BCUT2D eigenvalue weighted by atomic mass is 10.1. The van der Waals surface area contributed by atoms with Crippen LogP contribution in [0.5, 0.6) is 11.6 Å². The highest BCUT2D eigenvalue weighted by Crippen LogP contribution is 2.26. The fourth-order valence-electron chi connectivity index (χ4n) is 3.67. The molecule has 8 nitrogen and oxygen atoms in total. The summed E-state index contributed by atoms with van der Waals surface area (Å²) in [5.74, 6) is 1.36. The monoisotopic (exact) mass is 436 g/mol. The first-order valence-electron chi connectivity index (χ1n) is 10.8. The standard InChI is InChI=1S/C24H28N4O4/c1-16(2)31-23-12-19(8-10-26-23)28-11-9-21(14-28)32-20-6-4-18(5-7-20)17(3)27-24(29)22-13-25-15-30-22/h4-8,10,12-13,15-17,21H,9,11,14H2,1-3H3,(H,27,29)/t17-,21?/m0/s1. The molecule has 0 aliphatic carbocycles. The van der Waals surface area contributed by atoms with Crippen LogP contribution in [0, 0.1) is 0 Å². The maximum atomic E-state index is 12.1. The van der Waals surface area contributed by atoms with Gasteiger partial charge in [-0.1, -0.05) is 12.1 Å². The molecule has 0 radical (unpaired) electrons. The number of carbonyl (C=O) groups is 1. The number of oxazole rings is 1. The van der Waals surface area contributed by atoms with Crippen LogP contribution in [0.4, 0.5) is 5.69 Å². The zero-order valence-electron chi connectivity index (χ0n) is 18.5. The van der Waals surface area contributed by atoms with Gasteiger partial charge in [0.15, 0.2) is 6.39 Å². The van der Waals surface area contributed by atoms with E-state index in [4.69, 9.17) is 13.9 Å². The number of hydrogen-bond acceptors (Lipinski definition) is 7. The Bertz CT molecular complexity index is 1020. The molecule has 32 heavy (non-hydrogen) atoms. The van der Waals surface area contributed by atoms with Gasteiger partial charge in [-0.2, -0.15) is 0 Å². The highest BCUT2D eigenvalue weighted by molar-refractivity contribution is 5.91. The third-order valence-electron chi connectivity index (χ3n) is 5.27. The van der Waals surface area contributed by atoms with Crippen LogP contribution in [0.2, 0.25) is 0 Å². The fraction of sp³-hybridized carbons (Fsp3) is 0.375. The number of nitrogens with zero attached hydrogens (tertiary/aromatic N) is 3. The van der Waals surface area contributed by atoms with Crippen LogP contribution in [0.3, 0.4) is 0 Å². The fourth-order valence-corrected chi connectivity index (χ4v) is 3.67. The van der Waals surface area contributed by atoms with Gasteiger partial charge in [-0.3, -0.25) is 4.79 Å². The number of amides is 1. The number of rotatable bonds is 8. The molecule has 1 amide bonds. The molecule has 1 N–H and O–H groups in total. The molecule has 3 aromatic rings.